The molecule has 0 saturated carbocycles. The molecule has 3 N–H and O–H groups in total. The topological polar surface area (TPSA) is 153 Å². The summed E-state index contributed by atoms with van der Waals surface area (Å²) in [5.41, 5.74) is 6.86. The summed E-state index contributed by atoms with van der Waals surface area (Å²) in [6, 6.07) is -0.751. The Labute approximate surface area is 187 Å². The minimum absolute atomic E-state index is 0.0846. The number of imidazole rings is 1. The van der Waals surface area contributed by atoms with E-state index in [1.165, 1.54) is 0 Å². The van der Waals surface area contributed by atoms with Gasteiger partial charge in [0.2, 0.25) is 11.8 Å². The van der Waals surface area contributed by atoms with E-state index >= 15 is 0 Å². The molecular formula is C19H30N6O6P+. The predicted octanol–water partition coefficient (Wildman–Crippen LogP) is 2.33. The van der Waals surface area contributed by atoms with E-state index in [1.807, 2.05) is 13.8 Å². The maximum Gasteiger partial charge on any atom is 0.613 e. The van der Waals surface area contributed by atoms with Crippen LogP contribution in [-0.2, 0) is 23.4 Å². The van der Waals surface area contributed by atoms with E-state index in [9.17, 15) is 9.36 Å². The first-order chi connectivity index (χ1) is 15.2. The Bertz CT molecular complexity index is 969. The van der Waals surface area contributed by atoms with Crippen LogP contribution in [0, 0.1) is 5.92 Å². The number of esters is 1. The van der Waals surface area contributed by atoms with Gasteiger partial charge in [-0.15, -0.1) is 4.52 Å². The number of nitrogen functional groups attached to an aromatic ring is 1. The van der Waals surface area contributed by atoms with E-state index in [2.05, 4.69) is 20.0 Å². The van der Waals surface area contributed by atoms with Crippen LogP contribution in [0.1, 0.15) is 47.3 Å². The van der Waals surface area contributed by atoms with Gasteiger partial charge in [-0.3, -0.25) is 9.36 Å². The molecule has 0 aromatic carbocycles. The normalized spacial score (nSPS) is 22.3. The molecule has 5 atom stereocenters. The lowest BCUT2D eigenvalue weighted by Gasteiger charge is -2.17. The second-order valence-electron chi connectivity index (χ2n) is 7.89. The zero-order valence-corrected chi connectivity index (χ0v) is 19.7. The standard InChI is InChI=1S/C19H30N6O6P/c1-6-28-16-14-15(22-19(20)23-16)25(9-21-14)17-11(4)7-13(31-17)8-29-32(27)24-12(5)18(26)30-10(2)3/h9-13,17H,6-8H2,1-5H3,(H,24,27)(H2,20,22,23)/q+1. The van der Waals surface area contributed by atoms with Crippen molar-refractivity contribution in [1.29, 1.82) is 0 Å². The number of nitrogens with two attached hydrogens (primary N) is 1. The number of ether oxygens (including phenoxy) is 3. The highest BCUT2D eigenvalue weighted by atomic mass is 31.1. The molecule has 12 nitrogen and oxygen atoms in total. The van der Waals surface area contributed by atoms with Crippen molar-refractivity contribution in [3.63, 3.8) is 0 Å². The quantitative estimate of drug-likeness (QED) is 0.389. The smallest absolute Gasteiger partial charge is 0.476 e. The van der Waals surface area contributed by atoms with Crippen LogP contribution in [0.5, 0.6) is 5.88 Å². The fourth-order valence-corrected chi connectivity index (χ4v) is 4.23. The zero-order chi connectivity index (χ0) is 23.4. The third kappa shape index (κ3) is 5.69. The van der Waals surface area contributed by atoms with Crippen LogP contribution >= 0.6 is 8.18 Å². The number of aromatic nitrogens is 4. The molecule has 5 unspecified atom stereocenters. The molecule has 13 heteroatoms. The van der Waals surface area contributed by atoms with Crippen molar-refractivity contribution in [2.45, 2.75) is 65.5 Å². The zero-order valence-electron chi connectivity index (χ0n) is 18.8. The van der Waals surface area contributed by atoms with E-state index in [0.717, 1.165) is 0 Å². The van der Waals surface area contributed by atoms with Crippen molar-refractivity contribution < 1.29 is 28.1 Å². The van der Waals surface area contributed by atoms with Crippen molar-refractivity contribution in [1.82, 2.24) is 24.6 Å². The van der Waals surface area contributed by atoms with E-state index in [1.54, 1.807) is 31.7 Å². The summed E-state index contributed by atoms with van der Waals surface area (Å²) >= 11 is 0. The van der Waals surface area contributed by atoms with Crippen LogP contribution in [0.25, 0.3) is 11.2 Å². The predicted molar refractivity (Wildman–Crippen MR) is 116 cm³/mol. The average molecular weight is 469 g/mol. The number of carbonyl (C=O) groups is 1. The highest BCUT2D eigenvalue weighted by Crippen LogP contribution is 2.37. The largest absolute Gasteiger partial charge is 0.613 e. The number of nitrogens with zero attached hydrogens (tertiary/aromatic N) is 4. The van der Waals surface area contributed by atoms with Crippen molar-refractivity contribution >= 4 is 31.3 Å². The van der Waals surface area contributed by atoms with Gasteiger partial charge in [-0.05, 0) is 38.7 Å². The molecule has 1 saturated heterocycles. The summed E-state index contributed by atoms with van der Waals surface area (Å²) in [6.45, 7) is 9.47. The minimum Gasteiger partial charge on any atom is -0.476 e. The van der Waals surface area contributed by atoms with E-state index < -0.39 is 20.2 Å². The monoisotopic (exact) mass is 469 g/mol. The third-order valence-corrected chi connectivity index (χ3v) is 5.78. The maximum atomic E-state index is 12.2. The lowest BCUT2D eigenvalue weighted by atomic mass is 10.1. The molecule has 176 valence electrons. The summed E-state index contributed by atoms with van der Waals surface area (Å²) in [7, 11) is -2.26. The van der Waals surface area contributed by atoms with Crippen LogP contribution in [0.4, 0.5) is 5.95 Å². The Morgan fingerprint density at radius 2 is 2.16 bits per heavy atom. The van der Waals surface area contributed by atoms with Gasteiger partial charge in [-0.25, -0.2) is 4.98 Å². The van der Waals surface area contributed by atoms with Gasteiger partial charge in [-0.1, -0.05) is 12.0 Å². The first-order valence-electron chi connectivity index (χ1n) is 10.5. The van der Waals surface area contributed by atoms with E-state index in [-0.39, 0.29) is 36.9 Å². The summed E-state index contributed by atoms with van der Waals surface area (Å²) in [5, 5.41) is 2.60. The minimum atomic E-state index is -2.26. The third-order valence-electron chi connectivity index (χ3n) is 4.80. The van der Waals surface area contributed by atoms with Crippen molar-refractivity contribution in [2.24, 2.45) is 5.92 Å². The Morgan fingerprint density at radius 3 is 2.84 bits per heavy atom. The molecule has 2 aromatic rings. The van der Waals surface area contributed by atoms with Crippen LogP contribution in [0.2, 0.25) is 0 Å². The molecule has 1 aliphatic heterocycles. The Hall–Kier alpha value is -2.40. The van der Waals surface area contributed by atoms with Gasteiger partial charge in [0.05, 0.1) is 25.1 Å². The highest BCUT2D eigenvalue weighted by molar-refractivity contribution is 7.36. The molecular weight excluding hydrogens is 439 g/mol. The summed E-state index contributed by atoms with van der Waals surface area (Å²) in [4.78, 5) is 24.6. The highest BCUT2D eigenvalue weighted by Gasteiger charge is 2.37. The van der Waals surface area contributed by atoms with Gasteiger partial charge in [-0.2, -0.15) is 9.97 Å². The number of nitrogens with one attached hydrogen (secondary N) is 1. The SMILES string of the molecule is CCOc1nc(N)nc2c1ncn2C1OC(CO[P+](=O)NC(C)C(=O)OC(C)C)CC1C. The summed E-state index contributed by atoms with van der Waals surface area (Å²) < 4.78 is 36.1. The summed E-state index contributed by atoms with van der Waals surface area (Å²) in [6.07, 6.45) is 1.40. The molecule has 0 aliphatic carbocycles. The fraction of sp³-hybridized carbons (Fsp3) is 0.684. The molecule has 2 aromatic heterocycles. The summed E-state index contributed by atoms with van der Waals surface area (Å²) in [5.74, 6) is 0.0322. The number of carbonyl (C=O) groups excluding carboxylic acids is 1. The molecule has 1 aliphatic rings. The van der Waals surface area contributed by atoms with Gasteiger partial charge in [0.15, 0.2) is 11.2 Å². The fourth-order valence-electron chi connectivity index (χ4n) is 3.43. The lowest BCUT2D eigenvalue weighted by Crippen LogP contribution is -2.33. The molecule has 0 amide bonds. The molecule has 0 radical (unpaired) electrons. The molecule has 0 bridgehead atoms. The lowest BCUT2D eigenvalue weighted by molar-refractivity contribution is -0.149. The Balaban J connectivity index is 1.60. The second-order valence-corrected chi connectivity index (χ2v) is 8.93. The number of rotatable bonds is 10. The first kappa shape index (κ1) is 24.2. The van der Waals surface area contributed by atoms with Crippen LogP contribution < -0.4 is 15.6 Å². The maximum absolute atomic E-state index is 12.2. The number of fused-ring (bicyclic) bond motifs is 1. The van der Waals surface area contributed by atoms with Crippen molar-refractivity contribution in [2.75, 3.05) is 18.9 Å². The Kier molecular flexibility index (Phi) is 7.94. The molecule has 3 rings (SSSR count). The second kappa shape index (κ2) is 10.5. The van der Waals surface area contributed by atoms with Crippen LogP contribution in [0.3, 0.4) is 0 Å². The number of anilines is 1. The molecule has 3 heterocycles. The van der Waals surface area contributed by atoms with Crippen molar-refractivity contribution in [3.8, 4) is 5.88 Å². The van der Waals surface area contributed by atoms with Gasteiger partial charge in [0.25, 0.3) is 0 Å². The van der Waals surface area contributed by atoms with E-state index in [0.29, 0.717) is 30.1 Å². The van der Waals surface area contributed by atoms with E-state index in [4.69, 9.17) is 24.5 Å². The molecule has 32 heavy (non-hydrogen) atoms. The van der Waals surface area contributed by atoms with Gasteiger partial charge < -0.3 is 19.9 Å². The van der Waals surface area contributed by atoms with Gasteiger partial charge >= 0.3 is 14.1 Å². The average Bonchev–Trinajstić information content (AvgIpc) is 3.29. The van der Waals surface area contributed by atoms with Crippen LogP contribution in [0.15, 0.2) is 6.33 Å². The van der Waals surface area contributed by atoms with Gasteiger partial charge in [0.1, 0.15) is 18.9 Å². The van der Waals surface area contributed by atoms with Crippen molar-refractivity contribution in [3.05, 3.63) is 6.33 Å². The van der Waals surface area contributed by atoms with Gasteiger partial charge in [0, 0.05) is 5.92 Å². The number of hydrogen-bond donors (Lipinski definition) is 2. The molecule has 1 fully saturated rings. The number of hydrogen-bond acceptors (Lipinski definition) is 10. The first-order valence-corrected chi connectivity index (χ1v) is 11.7. The Morgan fingerprint density at radius 1 is 1.41 bits per heavy atom. The molecule has 0 spiro atoms. The van der Waals surface area contributed by atoms with Crippen LogP contribution in [-0.4, -0.2) is 57.0 Å².